The number of nitrogens with zero attached hydrogens (tertiary/aromatic N) is 2. The molecular formula is C31H39N3O4S. The molecule has 3 rings (SSSR count). The Morgan fingerprint density at radius 3 is 2.05 bits per heavy atom. The van der Waals surface area contributed by atoms with Crippen LogP contribution in [0.25, 0.3) is 0 Å². The highest BCUT2D eigenvalue weighted by molar-refractivity contribution is 7.92. The van der Waals surface area contributed by atoms with Crippen molar-refractivity contribution in [1.82, 2.24) is 10.2 Å². The lowest BCUT2D eigenvalue weighted by atomic mass is 10.0. The van der Waals surface area contributed by atoms with E-state index < -0.39 is 16.1 Å². The molecule has 0 radical (unpaired) electrons. The van der Waals surface area contributed by atoms with Gasteiger partial charge in [0, 0.05) is 32.0 Å². The van der Waals surface area contributed by atoms with Gasteiger partial charge in [-0.25, -0.2) is 8.42 Å². The molecular weight excluding hydrogens is 510 g/mol. The van der Waals surface area contributed by atoms with Crippen LogP contribution in [-0.4, -0.2) is 50.0 Å². The van der Waals surface area contributed by atoms with Gasteiger partial charge in [-0.2, -0.15) is 0 Å². The predicted molar refractivity (Wildman–Crippen MR) is 157 cm³/mol. The Balaban J connectivity index is 1.86. The lowest BCUT2D eigenvalue weighted by Gasteiger charge is -2.32. The first kappa shape index (κ1) is 29.9. The summed E-state index contributed by atoms with van der Waals surface area (Å²) in [7, 11) is -3.54. The fraction of sp³-hybridized carbons (Fsp3) is 0.355. The van der Waals surface area contributed by atoms with Crippen LogP contribution >= 0.6 is 0 Å². The Morgan fingerprint density at radius 1 is 0.872 bits per heavy atom. The van der Waals surface area contributed by atoms with Crippen molar-refractivity contribution in [2.24, 2.45) is 0 Å². The Labute approximate surface area is 232 Å². The summed E-state index contributed by atoms with van der Waals surface area (Å²) < 4.78 is 26.5. The molecule has 0 fully saturated rings. The zero-order chi connectivity index (χ0) is 28.4. The number of carbonyl (C=O) groups excluding carboxylic acids is 2. The van der Waals surface area contributed by atoms with Gasteiger partial charge in [-0.3, -0.25) is 13.9 Å². The molecule has 0 aliphatic carbocycles. The van der Waals surface area contributed by atoms with Crippen LogP contribution < -0.4 is 9.62 Å². The van der Waals surface area contributed by atoms with Crippen molar-refractivity contribution < 1.29 is 18.0 Å². The molecule has 3 aromatic rings. The van der Waals surface area contributed by atoms with Gasteiger partial charge in [0.2, 0.25) is 21.8 Å². The zero-order valence-electron chi connectivity index (χ0n) is 23.2. The number of carbonyl (C=O) groups is 2. The average Bonchev–Trinajstić information content (AvgIpc) is 2.88. The molecule has 0 aliphatic heterocycles. The zero-order valence-corrected chi connectivity index (χ0v) is 24.0. The summed E-state index contributed by atoms with van der Waals surface area (Å²) in [6.45, 7) is 6.13. The van der Waals surface area contributed by atoms with E-state index >= 15 is 0 Å². The maximum atomic E-state index is 13.8. The average molecular weight is 550 g/mol. The molecule has 0 aromatic heterocycles. The summed E-state index contributed by atoms with van der Waals surface area (Å²) >= 11 is 0. The molecule has 7 nitrogen and oxygen atoms in total. The fourth-order valence-corrected chi connectivity index (χ4v) is 5.46. The third-order valence-electron chi connectivity index (χ3n) is 6.34. The highest BCUT2D eigenvalue weighted by Crippen LogP contribution is 2.21. The topological polar surface area (TPSA) is 86.8 Å². The van der Waals surface area contributed by atoms with E-state index in [-0.39, 0.29) is 37.4 Å². The molecule has 8 heteroatoms. The molecule has 1 unspecified atom stereocenters. The van der Waals surface area contributed by atoms with Gasteiger partial charge in [0.15, 0.2) is 0 Å². The van der Waals surface area contributed by atoms with E-state index in [2.05, 4.69) is 5.32 Å². The molecule has 39 heavy (non-hydrogen) atoms. The molecule has 0 saturated heterocycles. The number of amides is 2. The lowest BCUT2D eigenvalue weighted by molar-refractivity contribution is -0.141. The number of anilines is 1. The van der Waals surface area contributed by atoms with E-state index in [0.29, 0.717) is 18.5 Å². The first-order valence-electron chi connectivity index (χ1n) is 13.3. The van der Waals surface area contributed by atoms with E-state index in [1.165, 1.54) is 10.6 Å². The number of hydrogen-bond acceptors (Lipinski definition) is 4. The van der Waals surface area contributed by atoms with E-state index in [9.17, 15) is 18.0 Å². The van der Waals surface area contributed by atoms with Crippen molar-refractivity contribution in [3.05, 3.63) is 102 Å². The van der Waals surface area contributed by atoms with Gasteiger partial charge in [-0.05, 0) is 56.0 Å². The second kappa shape index (κ2) is 13.9. The third kappa shape index (κ3) is 9.25. The quantitative estimate of drug-likeness (QED) is 0.335. The monoisotopic (exact) mass is 549 g/mol. The van der Waals surface area contributed by atoms with Gasteiger partial charge in [0.05, 0.1) is 11.9 Å². The van der Waals surface area contributed by atoms with E-state index in [1.807, 2.05) is 99.6 Å². The third-order valence-corrected chi connectivity index (χ3v) is 7.53. The summed E-state index contributed by atoms with van der Waals surface area (Å²) in [5, 5.41) is 2.98. The SMILES string of the molecule is Cc1cccc(N(CCCC(=O)N(Cc2ccccc2)C(Cc2ccccc2)C(=O)NC(C)C)S(C)(=O)=O)c1. The first-order chi connectivity index (χ1) is 18.5. The number of hydrogen-bond donors (Lipinski definition) is 1. The summed E-state index contributed by atoms with van der Waals surface area (Å²) in [6, 6.07) is 25.7. The molecule has 0 heterocycles. The number of benzene rings is 3. The van der Waals surface area contributed by atoms with Crippen molar-refractivity contribution in [1.29, 1.82) is 0 Å². The highest BCUT2D eigenvalue weighted by atomic mass is 32.2. The molecule has 0 aliphatic rings. The second-order valence-corrected chi connectivity index (χ2v) is 12.1. The van der Waals surface area contributed by atoms with Crippen molar-refractivity contribution in [3.8, 4) is 0 Å². The number of rotatable bonds is 13. The number of aryl methyl sites for hydroxylation is 1. The summed E-state index contributed by atoms with van der Waals surface area (Å²) in [5.41, 5.74) is 3.39. The highest BCUT2D eigenvalue weighted by Gasteiger charge is 2.30. The van der Waals surface area contributed by atoms with Crippen LogP contribution in [0, 0.1) is 6.92 Å². The smallest absolute Gasteiger partial charge is 0.243 e. The van der Waals surface area contributed by atoms with Gasteiger partial charge >= 0.3 is 0 Å². The molecule has 0 spiro atoms. The van der Waals surface area contributed by atoms with Crippen molar-refractivity contribution in [2.45, 2.75) is 58.7 Å². The molecule has 0 saturated carbocycles. The minimum Gasteiger partial charge on any atom is -0.352 e. The molecule has 3 aromatic carbocycles. The van der Waals surface area contributed by atoms with Crippen molar-refractivity contribution in [3.63, 3.8) is 0 Å². The van der Waals surface area contributed by atoms with E-state index in [4.69, 9.17) is 0 Å². The standard InChI is InChI=1S/C31H39N3O4S/c1-24(2)32-31(36)29(22-26-14-7-5-8-15-26)33(23-27-16-9-6-10-17-27)30(35)19-12-20-34(39(4,37)38)28-18-11-13-25(3)21-28/h5-11,13-18,21,24,29H,12,19-20,22-23H2,1-4H3,(H,32,36). The van der Waals surface area contributed by atoms with Gasteiger partial charge in [-0.1, -0.05) is 72.8 Å². The minimum atomic E-state index is -3.54. The van der Waals surface area contributed by atoms with Crippen LogP contribution in [0.15, 0.2) is 84.9 Å². The maximum absolute atomic E-state index is 13.8. The van der Waals surface area contributed by atoms with Gasteiger partial charge in [0.1, 0.15) is 6.04 Å². The van der Waals surface area contributed by atoms with Crippen LogP contribution in [0.5, 0.6) is 0 Å². The van der Waals surface area contributed by atoms with Crippen LogP contribution in [-0.2, 0) is 32.6 Å². The minimum absolute atomic E-state index is 0.0814. The first-order valence-corrected chi connectivity index (χ1v) is 15.1. The van der Waals surface area contributed by atoms with Crippen molar-refractivity contribution in [2.75, 3.05) is 17.1 Å². The number of nitrogens with one attached hydrogen (secondary N) is 1. The van der Waals surface area contributed by atoms with E-state index in [0.717, 1.165) is 16.7 Å². The van der Waals surface area contributed by atoms with Crippen LogP contribution in [0.1, 0.15) is 43.4 Å². The summed E-state index contributed by atoms with van der Waals surface area (Å²) in [5.74, 6) is -0.410. The van der Waals surface area contributed by atoms with Gasteiger partial charge < -0.3 is 10.2 Å². The fourth-order valence-electron chi connectivity index (χ4n) is 4.50. The largest absolute Gasteiger partial charge is 0.352 e. The summed E-state index contributed by atoms with van der Waals surface area (Å²) in [4.78, 5) is 28.8. The lowest BCUT2D eigenvalue weighted by Crippen LogP contribution is -2.51. The Hall–Kier alpha value is -3.65. The molecule has 2 amide bonds. The Kier molecular flexibility index (Phi) is 10.7. The Morgan fingerprint density at radius 2 is 1.49 bits per heavy atom. The normalized spacial score (nSPS) is 12.1. The van der Waals surface area contributed by atoms with E-state index in [1.54, 1.807) is 11.0 Å². The second-order valence-electron chi connectivity index (χ2n) is 10.2. The van der Waals surface area contributed by atoms with Crippen molar-refractivity contribution >= 4 is 27.5 Å². The van der Waals surface area contributed by atoms with Gasteiger partial charge in [-0.15, -0.1) is 0 Å². The van der Waals surface area contributed by atoms with Gasteiger partial charge in [0.25, 0.3) is 0 Å². The Bertz CT molecular complexity index is 1330. The molecule has 1 atom stereocenters. The van der Waals surface area contributed by atoms with Crippen LogP contribution in [0.2, 0.25) is 0 Å². The molecule has 0 bridgehead atoms. The van der Waals surface area contributed by atoms with Crippen LogP contribution in [0.3, 0.4) is 0 Å². The van der Waals surface area contributed by atoms with Crippen LogP contribution in [0.4, 0.5) is 5.69 Å². The summed E-state index contributed by atoms with van der Waals surface area (Å²) in [6.07, 6.45) is 1.96. The number of sulfonamides is 1. The molecule has 1 N–H and O–H groups in total. The predicted octanol–water partition coefficient (Wildman–Crippen LogP) is 4.71. The maximum Gasteiger partial charge on any atom is 0.243 e. The molecule has 208 valence electrons.